The molecule has 9 nitrogen and oxygen atoms in total. The van der Waals surface area contributed by atoms with Crippen LogP contribution in [0, 0.1) is 0 Å². The maximum absolute atomic E-state index is 13.0. The van der Waals surface area contributed by atoms with Crippen molar-refractivity contribution in [1.82, 2.24) is 0 Å². The number of unbranched alkanes of at least 4 members (excludes halogenated alkanes) is 63. The normalized spacial score (nSPS) is 12.6. The van der Waals surface area contributed by atoms with Gasteiger partial charge in [-0.3, -0.25) is 9.59 Å². The molecule has 0 rings (SSSR count). The van der Waals surface area contributed by atoms with Crippen molar-refractivity contribution in [3.63, 3.8) is 0 Å². The van der Waals surface area contributed by atoms with Crippen molar-refractivity contribution >= 4 is 17.9 Å². The number of carbonyl (C=O) groups is 3. The summed E-state index contributed by atoms with van der Waals surface area (Å²) >= 11 is 0. The lowest BCUT2D eigenvalue weighted by Crippen LogP contribution is -2.40. The monoisotopic (exact) mass is 1360 g/mol. The number of rotatable bonds is 82. The van der Waals surface area contributed by atoms with Crippen molar-refractivity contribution in [2.45, 2.75) is 469 Å². The number of carbonyl (C=O) groups excluding carboxylic acids is 2. The molecular weight excluding hydrogens is 1190 g/mol. The largest absolute Gasteiger partial charge is 0.477 e. The molecule has 0 fully saturated rings. The Morgan fingerprint density at radius 3 is 0.823 bits per heavy atom. The second-order valence-corrected chi connectivity index (χ2v) is 30.9. The van der Waals surface area contributed by atoms with Crippen LogP contribution in [0.25, 0.3) is 0 Å². The zero-order chi connectivity index (χ0) is 69.7. The van der Waals surface area contributed by atoms with Crippen LogP contribution in [0.2, 0.25) is 0 Å². The van der Waals surface area contributed by atoms with Crippen LogP contribution in [0.15, 0.2) is 24.3 Å². The standard InChI is InChI=1S/C87H167NO8/c1-6-8-10-12-14-16-18-20-22-24-26-28-30-32-34-36-38-40-41-42-43-44-45-46-48-50-52-54-56-58-60-62-64-66-68-70-72-74-76-78-85(90)96-83(82-95-87(86(91)92)93-80-79-88(3,4)5)81-94-84(89)77-75-73-71-69-67-65-63-61-59-57-55-53-51-49-47-39-37-35-33-31-29-27-25-23-21-19-17-15-13-11-9-7-2/h18,20,24,26,83,87H,6-17,19,21-23,25,27-82H2,1-5H3/p+1/b20-18-,26-24-. The Bertz CT molecular complexity index is 1630. The number of ether oxygens (including phenoxy) is 4. The number of esters is 2. The van der Waals surface area contributed by atoms with E-state index in [1.54, 1.807) is 0 Å². The molecule has 0 aliphatic carbocycles. The molecule has 0 heterocycles. The molecule has 568 valence electrons. The molecule has 9 heteroatoms. The summed E-state index contributed by atoms with van der Waals surface area (Å²) in [5.41, 5.74) is 0. The van der Waals surface area contributed by atoms with E-state index < -0.39 is 18.4 Å². The van der Waals surface area contributed by atoms with E-state index in [1.165, 1.54) is 385 Å². The molecule has 2 unspecified atom stereocenters. The van der Waals surface area contributed by atoms with Crippen molar-refractivity contribution in [2.75, 3.05) is 47.5 Å². The molecule has 0 aromatic heterocycles. The smallest absolute Gasteiger partial charge is 0.361 e. The highest BCUT2D eigenvalue weighted by atomic mass is 16.7. The molecule has 0 saturated heterocycles. The average molecular weight is 1360 g/mol. The minimum Gasteiger partial charge on any atom is -0.477 e. The summed E-state index contributed by atoms with van der Waals surface area (Å²) in [6.45, 7) is 4.97. The zero-order valence-electron chi connectivity index (χ0n) is 65.3. The number of carboxylic acids is 1. The maximum Gasteiger partial charge on any atom is 0.361 e. The molecule has 1 N–H and O–H groups in total. The van der Waals surface area contributed by atoms with Gasteiger partial charge in [0.2, 0.25) is 0 Å². The summed E-state index contributed by atoms with van der Waals surface area (Å²) in [4.78, 5) is 37.8. The van der Waals surface area contributed by atoms with Crippen molar-refractivity contribution in [3.8, 4) is 0 Å². The van der Waals surface area contributed by atoms with Crippen LogP contribution in [0.1, 0.15) is 457 Å². The molecule has 0 aromatic rings. The third-order valence-corrected chi connectivity index (χ3v) is 20.0. The Kier molecular flexibility index (Phi) is 76.7. The minimum atomic E-state index is -1.51. The van der Waals surface area contributed by atoms with E-state index in [0.717, 1.165) is 44.9 Å². The van der Waals surface area contributed by atoms with Gasteiger partial charge < -0.3 is 28.5 Å². The predicted molar refractivity (Wildman–Crippen MR) is 415 cm³/mol. The molecule has 0 aliphatic rings. The van der Waals surface area contributed by atoms with E-state index in [9.17, 15) is 19.5 Å². The second-order valence-electron chi connectivity index (χ2n) is 30.9. The summed E-state index contributed by atoms with van der Waals surface area (Å²) < 4.78 is 23.1. The van der Waals surface area contributed by atoms with Crippen molar-refractivity contribution < 1.29 is 42.9 Å². The number of likely N-dealkylation sites (N-methyl/N-ethyl adjacent to an activating group) is 1. The number of hydrogen-bond donors (Lipinski definition) is 1. The highest BCUT2D eigenvalue weighted by Crippen LogP contribution is 2.21. The van der Waals surface area contributed by atoms with Crippen LogP contribution in [0.5, 0.6) is 0 Å². The van der Waals surface area contributed by atoms with Crippen LogP contribution in [-0.2, 0) is 33.3 Å². The average Bonchev–Trinajstić information content (AvgIpc) is 2.40. The van der Waals surface area contributed by atoms with E-state index in [0.29, 0.717) is 17.4 Å². The fourth-order valence-electron chi connectivity index (χ4n) is 13.4. The Morgan fingerprint density at radius 1 is 0.312 bits per heavy atom. The lowest BCUT2D eigenvalue weighted by molar-refractivity contribution is -0.870. The highest BCUT2D eigenvalue weighted by Gasteiger charge is 2.25. The van der Waals surface area contributed by atoms with E-state index >= 15 is 0 Å². The van der Waals surface area contributed by atoms with E-state index in [1.807, 2.05) is 21.1 Å². The van der Waals surface area contributed by atoms with Gasteiger partial charge in [0, 0.05) is 12.8 Å². The van der Waals surface area contributed by atoms with E-state index in [-0.39, 0.29) is 38.2 Å². The second kappa shape index (κ2) is 78.5. The number of quaternary nitrogens is 1. The highest BCUT2D eigenvalue weighted by molar-refractivity contribution is 5.71. The van der Waals surface area contributed by atoms with Crippen molar-refractivity contribution in [3.05, 3.63) is 24.3 Å². The molecule has 0 amide bonds. The maximum atomic E-state index is 13.0. The van der Waals surface area contributed by atoms with Crippen LogP contribution >= 0.6 is 0 Å². The molecule has 0 bridgehead atoms. The minimum absolute atomic E-state index is 0.173. The molecule has 0 aromatic carbocycles. The van der Waals surface area contributed by atoms with E-state index in [4.69, 9.17) is 18.9 Å². The van der Waals surface area contributed by atoms with Gasteiger partial charge in [0.1, 0.15) is 13.2 Å². The number of carboxylic acid groups (broad SMARTS) is 1. The lowest BCUT2D eigenvalue weighted by atomic mass is 10.0. The molecule has 0 saturated carbocycles. The van der Waals surface area contributed by atoms with Gasteiger partial charge in [-0.05, 0) is 44.9 Å². The predicted octanol–water partition coefficient (Wildman–Crippen LogP) is 27.7. The van der Waals surface area contributed by atoms with Crippen molar-refractivity contribution in [1.29, 1.82) is 0 Å². The third-order valence-electron chi connectivity index (χ3n) is 20.0. The molecule has 0 spiro atoms. The van der Waals surface area contributed by atoms with Gasteiger partial charge in [0.25, 0.3) is 6.29 Å². The van der Waals surface area contributed by atoms with Gasteiger partial charge in [-0.25, -0.2) is 4.79 Å². The summed E-state index contributed by atoms with van der Waals surface area (Å²) in [6, 6.07) is 0. The summed E-state index contributed by atoms with van der Waals surface area (Å²) in [5, 5.41) is 9.78. The summed E-state index contributed by atoms with van der Waals surface area (Å²) in [5.74, 6) is -1.96. The molecule has 0 aliphatic heterocycles. The number of aliphatic carboxylic acids is 1. The van der Waals surface area contributed by atoms with Gasteiger partial charge >= 0.3 is 17.9 Å². The number of nitrogens with zero attached hydrogens (tertiary/aromatic N) is 1. The Hall–Kier alpha value is -2.23. The molecule has 96 heavy (non-hydrogen) atoms. The Balaban J connectivity index is 3.91. The van der Waals surface area contributed by atoms with Crippen molar-refractivity contribution in [2.24, 2.45) is 0 Å². The topological polar surface area (TPSA) is 108 Å². The van der Waals surface area contributed by atoms with Crippen LogP contribution in [0.4, 0.5) is 0 Å². The third kappa shape index (κ3) is 79.1. The molecule has 2 atom stereocenters. The fourth-order valence-corrected chi connectivity index (χ4v) is 13.4. The number of allylic oxidation sites excluding steroid dienone is 4. The van der Waals surface area contributed by atoms with Gasteiger partial charge in [-0.2, -0.15) is 0 Å². The first-order valence-electron chi connectivity index (χ1n) is 43.0. The van der Waals surface area contributed by atoms with Crippen LogP contribution < -0.4 is 0 Å². The Labute approximate surface area is 598 Å². The van der Waals surface area contributed by atoms with Gasteiger partial charge in [-0.1, -0.05) is 423 Å². The van der Waals surface area contributed by atoms with Gasteiger partial charge in [-0.15, -0.1) is 0 Å². The van der Waals surface area contributed by atoms with Gasteiger partial charge in [0.05, 0.1) is 34.4 Å². The van der Waals surface area contributed by atoms with Gasteiger partial charge in [0.15, 0.2) is 6.10 Å². The first-order valence-corrected chi connectivity index (χ1v) is 43.0. The fraction of sp³-hybridized carbons (Fsp3) is 0.920. The SMILES string of the molecule is CCCCCCC/C=C\C/C=C\CCCCCCCCCCCCCCCCCCCCCCCCCCCCCC(=O)OC(COC(=O)CCCCCCCCCCCCCCCCCCCCCCCCCCCCCCCCCC)COC(OCC[N+](C)(C)C)C(=O)O. The summed E-state index contributed by atoms with van der Waals surface area (Å²) in [6.07, 6.45) is 98.0. The summed E-state index contributed by atoms with van der Waals surface area (Å²) in [7, 11) is 6.01. The quantitative estimate of drug-likeness (QED) is 0.0211. The Morgan fingerprint density at radius 2 is 0.562 bits per heavy atom. The zero-order valence-corrected chi connectivity index (χ0v) is 65.3. The van der Waals surface area contributed by atoms with Crippen LogP contribution in [0.3, 0.4) is 0 Å². The van der Waals surface area contributed by atoms with Crippen LogP contribution in [-0.4, -0.2) is 87.4 Å². The number of hydrogen-bond acceptors (Lipinski definition) is 7. The molecule has 0 radical (unpaired) electrons. The molecular formula is C87H168NO8+. The van der Waals surface area contributed by atoms with E-state index in [2.05, 4.69) is 38.2 Å². The lowest BCUT2D eigenvalue weighted by Gasteiger charge is -2.25. The first kappa shape index (κ1) is 93.8. The first-order chi connectivity index (χ1) is 47.1.